The molecule has 0 spiro atoms. The first-order valence-corrected chi connectivity index (χ1v) is 5.10. The predicted molar refractivity (Wildman–Crippen MR) is 57.5 cm³/mol. The summed E-state index contributed by atoms with van der Waals surface area (Å²) >= 11 is 0. The number of nitrogens with one attached hydrogen (secondary N) is 1. The first-order valence-electron chi connectivity index (χ1n) is 5.10. The zero-order valence-corrected chi connectivity index (χ0v) is 9.30. The average molecular weight is 227 g/mol. The number of hydrogen-bond acceptors (Lipinski definition) is 5. The van der Waals surface area contributed by atoms with Gasteiger partial charge in [0.15, 0.2) is 0 Å². The third-order valence-electron chi connectivity index (χ3n) is 2.14. The molecule has 0 saturated heterocycles. The number of amides is 1. The van der Waals surface area contributed by atoms with Crippen molar-refractivity contribution in [2.75, 3.05) is 20.2 Å². The van der Waals surface area contributed by atoms with Crippen LogP contribution in [0.5, 0.6) is 0 Å². The van der Waals surface area contributed by atoms with E-state index in [0.29, 0.717) is 19.6 Å². The van der Waals surface area contributed by atoms with Gasteiger partial charge in [-0.3, -0.25) is 9.48 Å². The van der Waals surface area contributed by atoms with Crippen LogP contribution in [0.25, 0.3) is 0 Å². The van der Waals surface area contributed by atoms with Gasteiger partial charge < -0.3 is 15.8 Å². The molecule has 90 valence electrons. The maximum absolute atomic E-state index is 11.4. The van der Waals surface area contributed by atoms with E-state index >= 15 is 0 Å². The van der Waals surface area contributed by atoms with Gasteiger partial charge in [-0.05, 0) is 0 Å². The monoisotopic (exact) mass is 227 g/mol. The Hall–Kier alpha value is -1.47. The molecule has 16 heavy (non-hydrogen) atoms. The van der Waals surface area contributed by atoms with Crippen LogP contribution in [0, 0.1) is 0 Å². The van der Waals surface area contributed by atoms with Crippen LogP contribution in [-0.4, -0.2) is 47.2 Å². The molecule has 1 heterocycles. The highest BCUT2D eigenvalue weighted by atomic mass is 16.5. The van der Waals surface area contributed by atoms with Crippen molar-refractivity contribution in [2.24, 2.45) is 5.73 Å². The molecule has 1 aromatic rings. The molecule has 1 atom stereocenters. The van der Waals surface area contributed by atoms with Gasteiger partial charge in [-0.25, -0.2) is 0 Å². The lowest BCUT2D eigenvalue weighted by Crippen LogP contribution is -2.33. The van der Waals surface area contributed by atoms with Crippen molar-refractivity contribution in [2.45, 2.75) is 19.1 Å². The number of ether oxygens (including phenoxy) is 1. The molecule has 0 aliphatic rings. The van der Waals surface area contributed by atoms with Gasteiger partial charge in [0, 0.05) is 26.4 Å². The lowest BCUT2D eigenvalue weighted by Gasteiger charge is -2.12. The topological polar surface area (TPSA) is 95.1 Å². The third kappa shape index (κ3) is 4.37. The minimum Gasteiger partial charge on any atom is -0.380 e. The molecule has 0 aromatic carbocycles. The van der Waals surface area contributed by atoms with Gasteiger partial charge in [0.05, 0.1) is 25.3 Å². The fraction of sp³-hybridized carbons (Fsp3) is 0.667. The summed E-state index contributed by atoms with van der Waals surface area (Å²) in [6.45, 7) is 1.46. The van der Waals surface area contributed by atoms with E-state index in [1.807, 2.05) is 0 Å². The Balaban J connectivity index is 2.15. The van der Waals surface area contributed by atoms with E-state index < -0.39 is 0 Å². The molecule has 1 rings (SSSR count). The molecule has 0 saturated carbocycles. The zero-order valence-electron chi connectivity index (χ0n) is 9.30. The quantitative estimate of drug-likeness (QED) is 0.607. The van der Waals surface area contributed by atoms with E-state index in [1.165, 1.54) is 0 Å². The summed E-state index contributed by atoms with van der Waals surface area (Å²) in [5.74, 6) is -0.0718. The van der Waals surface area contributed by atoms with Crippen LogP contribution in [0.15, 0.2) is 12.4 Å². The fourth-order valence-electron chi connectivity index (χ4n) is 1.20. The summed E-state index contributed by atoms with van der Waals surface area (Å²) in [4.78, 5) is 11.4. The number of nitrogens with zero attached hydrogens (tertiary/aromatic N) is 3. The van der Waals surface area contributed by atoms with Crippen molar-refractivity contribution in [1.29, 1.82) is 0 Å². The predicted octanol–water partition coefficient (Wildman–Crippen LogP) is -1.24. The second-order valence-electron chi connectivity index (χ2n) is 3.31. The van der Waals surface area contributed by atoms with Crippen molar-refractivity contribution in [3.63, 3.8) is 0 Å². The Labute approximate surface area is 93.9 Å². The first kappa shape index (κ1) is 12.6. The van der Waals surface area contributed by atoms with E-state index in [2.05, 4.69) is 15.6 Å². The number of carbonyl (C=O) groups is 1. The lowest BCUT2D eigenvalue weighted by atomic mass is 10.2. The Bertz CT molecular complexity index is 297. The van der Waals surface area contributed by atoms with Gasteiger partial charge in [-0.15, -0.1) is 5.10 Å². The first-order chi connectivity index (χ1) is 7.76. The van der Waals surface area contributed by atoms with E-state index in [1.54, 1.807) is 24.2 Å². The highest BCUT2D eigenvalue weighted by Gasteiger charge is 2.10. The average Bonchev–Trinajstić information content (AvgIpc) is 2.79. The number of rotatable bonds is 7. The SMILES string of the molecule is COC(CN)CC(=O)NCCn1ccnn1. The molecule has 0 radical (unpaired) electrons. The van der Waals surface area contributed by atoms with Crippen LogP contribution in [0.4, 0.5) is 0 Å². The van der Waals surface area contributed by atoms with Crippen LogP contribution < -0.4 is 11.1 Å². The standard InChI is InChI=1S/C9H17N5O2/c1-16-8(7-10)6-9(15)11-2-4-14-5-3-12-13-14/h3,5,8H,2,4,6-7,10H2,1H3,(H,11,15). The molecule has 0 aliphatic carbocycles. The Morgan fingerprint density at radius 1 is 1.69 bits per heavy atom. The van der Waals surface area contributed by atoms with Gasteiger partial charge in [0.25, 0.3) is 0 Å². The summed E-state index contributed by atoms with van der Waals surface area (Å²) in [7, 11) is 1.54. The maximum atomic E-state index is 11.4. The van der Waals surface area contributed by atoms with Crippen LogP contribution >= 0.6 is 0 Å². The molecule has 1 unspecified atom stereocenters. The Kier molecular flexibility index (Phi) is 5.44. The number of hydrogen-bond donors (Lipinski definition) is 2. The molecule has 1 amide bonds. The molecule has 0 bridgehead atoms. The number of aromatic nitrogens is 3. The van der Waals surface area contributed by atoms with Gasteiger partial charge in [0.2, 0.25) is 5.91 Å². The largest absolute Gasteiger partial charge is 0.380 e. The van der Waals surface area contributed by atoms with E-state index in [9.17, 15) is 4.79 Å². The fourth-order valence-corrected chi connectivity index (χ4v) is 1.20. The highest BCUT2D eigenvalue weighted by Crippen LogP contribution is 1.94. The van der Waals surface area contributed by atoms with E-state index in [0.717, 1.165) is 0 Å². The summed E-state index contributed by atoms with van der Waals surface area (Å²) in [5, 5.41) is 10.2. The van der Waals surface area contributed by atoms with Crippen LogP contribution in [0.3, 0.4) is 0 Å². The van der Waals surface area contributed by atoms with Crippen molar-refractivity contribution in [3.8, 4) is 0 Å². The smallest absolute Gasteiger partial charge is 0.222 e. The minimum absolute atomic E-state index is 0.0718. The molecule has 1 aromatic heterocycles. The number of nitrogens with two attached hydrogens (primary N) is 1. The molecular formula is C9H17N5O2. The lowest BCUT2D eigenvalue weighted by molar-refractivity contribution is -0.123. The molecule has 7 heteroatoms. The third-order valence-corrected chi connectivity index (χ3v) is 2.14. The van der Waals surface area contributed by atoms with Crippen LogP contribution in [0.1, 0.15) is 6.42 Å². The second-order valence-corrected chi connectivity index (χ2v) is 3.31. The van der Waals surface area contributed by atoms with Crippen LogP contribution in [-0.2, 0) is 16.1 Å². The molecule has 7 nitrogen and oxygen atoms in total. The second kappa shape index (κ2) is 6.91. The van der Waals surface area contributed by atoms with Gasteiger partial charge in [-0.1, -0.05) is 5.21 Å². The van der Waals surface area contributed by atoms with Crippen molar-refractivity contribution >= 4 is 5.91 Å². The van der Waals surface area contributed by atoms with Crippen molar-refractivity contribution in [3.05, 3.63) is 12.4 Å². The Morgan fingerprint density at radius 2 is 2.50 bits per heavy atom. The van der Waals surface area contributed by atoms with Crippen molar-refractivity contribution < 1.29 is 9.53 Å². The summed E-state index contributed by atoms with van der Waals surface area (Å²) < 4.78 is 6.66. The zero-order chi connectivity index (χ0) is 11.8. The van der Waals surface area contributed by atoms with Gasteiger partial charge >= 0.3 is 0 Å². The van der Waals surface area contributed by atoms with Gasteiger partial charge in [-0.2, -0.15) is 0 Å². The molecule has 0 fully saturated rings. The molecular weight excluding hydrogens is 210 g/mol. The van der Waals surface area contributed by atoms with Gasteiger partial charge in [0.1, 0.15) is 0 Å². The minimum atomic E-state index is -0.216. The molecule has 0 aliphatic heterocycles. The maximum Gasteiger partial charge on any atom is 0.222 e. The Morgan fingerprint density at radius 3 is 3.06 bits per heavy atom. The van der Waals surface area contributed by atoms with Crippen molar-refractivity contribution in [1.82, 2.24) is 20.3 Å². The van der Waals surface area contributed by atoms with Crippen LogP contribution in [0.2, 0.25) is 0 Å². The van der Waals surface area contributed by atoms with E-state index in [4.69, 9.17) is 10.5 Å². The van der Waals surface area contributed by atoms with E-state index in [-0.39, 0.29) is 18.4 Å². The molecule has 3 N–H and O–H groups in total. The number of methoxy groups -OCH3 is 1. The highest BCUT2D eigenvalue weighted by molar-refractivity contribution is 5.76. The number of carbonyl (C=O) groups excluding carboxylic acids is 1. The normalized spacial score (nSPS) is 12.4. The summed E-state index contributed by atoms with van der Waals surface area (Å²) in [5.41, 5.74) is 5.41. The summed E-state index contributed by atoms with van der Waals surface area (Å²) in [6.07, 6.45) is 3.40. The summed E-state index contributed by atoms with van der Waals surface area (Å²) in [6, 6.07) is 0.